The first kappa shape index (κ1) is 17.2. The third-order valence-electron chi connectivity index (χ3n) is 4.03. The van der Waals surface area contributed by atoms with Crippen LogP contribution in [0.5, 0.6) is 11.5 Å². The molecule has 136 valence electrons. The fourth-order valence-electron chi connectivity index (χ4n) is 2.66. The van der Waals surface area contributed by atoms with E-state index in [1.165, 1.54) is 6.07 Å². The van der Waals surface area contributed by atoms with Crippen molar-refractivity contribution < 1.29 is 9.13 Å². The van der Waals surface area contributed by atoms with E-state index in [-0.39, 0.29) is 12.4 Å². The van der Waals surface area contributed by atoms with Crippen molar-refractivity contribution in [2.45, 2.75) is 6.54 Å². The summed E-state index contributed by atoms with van der Waals surface area (Å²) in [5, 5.41) is 3.70. The number of nitrogen functional groups attached to an aromatic ring is 1. The van der Waals surface area contributed by atoms with Crippen LogP contribution in [-0.2, 0) is 6.54 Å². The Morgan fingerprint density at radius 1 is 1.04 bits per heavy atom. The minimum Gasteiger partial charge on any atom is -0.457 e. The molecule has 0 atom stereocenters. The first-order valence-electron chi connectivity index (χ1n) is 8.28. The first-order chi connectivity index (χ1) is 13.1. The maximum atomic E-state index is 14.4. The zero-order chi connectivity index (χ0) is 18.8. The van der Waals surface area contributed by atoms with Gasteiger partial charge in [0.15, 0.2) is 0 Å². The minimum absolute atomic E-state index is 0.280. The van der Waals surface area contributed by atoms with Crippen LogP contribution >= 0.6 is 11.6 Å². The van der Waals surface area contributed by atoms with E-state index >= 15 is 0 Å². The van der Waals surface area contributed by atoms with E-state index in [0.717, 1.165) is 11.0 Å². The lowest BCUT2D eigenvalue weighted by Gasteiger charge is -2.09. The van der Waals surface area contributed by atoms with Crippen molar-refractivity contribution >= 4 is 34.3 Å². The second-order valence-corrected chi connectivity index (χ2v) is 6.46. The monoisotopic (exact) mass is 382 g/mol. The quantitative estimate of drug-likeness (QED) is 0.407. The largest absolute Gasteiger partial charge is 0.457 e. The molecule has 0 aliphatic rings. The van der Waals surface area contributed by atoms with E-state index in [1.807, 2.05) is 6.07 Å². The minimum atomic E-state index is -0.366. The fraction of sp³-hybridized carbons (Fsp3) is 0.0500. The summed E-state index contributed by atoms with van der Waals surface area (Å²) in [5.41, 5.74) is 8.52. The molecule has 0 radical (unpaired) electrons. The van der Waals surface area contributed by atoms with Gasteiger partial charge in [-0.2, -0.15) is 0 Å². The highest BCUT2D eigenvalue weighted by Gasteiger charge is 2.08. The lowest BCUT2D eigenvalue weighted by Crippen LogP contribution is -2.03. The van der Waals surface area contributed by atoms with E-state index in [0.29, 0.717) is 33.7 Å². The Labute approximate surface area is 159 Å². The number of nitrogens with zero attached hydrogens (tertiary/aromatic N) is 1. The van der Waals surface area contributed by atoms with E-state index in [9.17, 15) is 4.39 Å². The molecule has 4 aromatic rings. The summed E-state index contributed by atoms with van der Waals surface area (Å²) in [5.74, 6) is 1.19. The van der Waals surface area contributed by atoms with Gasteiger partial charge in [-0.3, -0.25) is 0 Å². The van der Waals surface area contributed by atoms with Crippen molar-refractivity contribution in [3.8, 4) is 11.5 Å². The molecule has 0 spiro atoms. The van der Waals surface area contributed by atoms with Crippen molar-refractivity contribution in [1.29, 1.82) is 0 Å². The van der Waals surface area contributed by atoms with Crippen LogP contribution in [0.3, 0.4) is 0 Å². The number of aromatic amines is 1. The van der Waals surface area contributed by atoms with Gasteiger partial charge in [-0.1, -0.05) is 17.7 Å². The average Bonchev–Trinajstić information content (AvgIpc) is 3.05. The number of nitrogens with one attached hydrogen (secondary N) is 2. The van der Waals surface area contributed by atoms with Crippen molar-refractivity contribution in [2.24, 2.45) is 0 Å². The first-order valence-corrected chi connectivity index (χ1v) is 8.65. The normalized spacial score (nSPS) is 10.9. The molecule has 4 rings (SSSR count). The second-order valence-electron chi connectivity index (χ2n) is 6.02. The fourth-order valence-corrected chi connectivity index (χ4v) is 2.79. The molecule has 27 heavy (non-hydrogen) atoms. The van der Waals surface area contributed by atoms with Crippen LogP contribution in [-0.4, -0.2) is 9.97 Å². The van der Waals surface area contributed by atoms with Gasteiger partial charge in [-0.15, -0.1) is 0 Å². The predicted octanol–water partition coefficient (Wildman–Crippen LogP) is 5.34. The number of nitrogens with two attached hydrogens (primary N) is 1. The van der Waals surface area contributed by atoms with Crippen molar-refractivity contribution in [1.82, 2.24) is 9.97 Å². The number of H-pyrrole nitrogens is 1. The molecule has 0 amide bonds. The highest BCUT2D eigenvalue weighted by molar-refractivity contribution is 6.30. The van der Waals surface area contributed by atoms with E-state index < -0.39 is 0 Å². The number of anilines is 2. The number of benzene rings is 3. The van der Waals surface area contributed by atoms with Crippen LogP contribution in [0.1, 0.15) is 5.56 Å². The lowest BCUT2D eigenvalue weighted by molar-refractivity contribution is 0.475. The van der Waals surface area contributed by atoms with Crippen molar-refractivity contribution in [3.63, 3.8) is 0 Å². The molecule has 0 aliphatic carbocycles. The van der Waals surface area contributed by atoms with Gasteiger partial charge < -0.3 is 20.8 Å². The van der Waals surface area contributed by atoms with Gasteiger partial charge in [0.2, 0.25) is 5.95 Å². The number of aromatic nitrogens is 2. The number of halogens is 2. The molecular weight excluding hydrogens is 367 g/mol. The van der Waals surface area contributed by atoms with E-state index in [4.69, 9.17) is 22.1 Å². The Kier molecular flexibility index (Phi) is 4.56. The summed E-state index contributed by atoms with van der Waals surface area (Å²) >= 11 is 5.84. The number of hydrogen-bond acceptors (Lipinski definition) is 4. The second kappa shape index (κ2) is 7.17. The highest BCUT2D eigenvalue weighted by atomic mass is 35.5. The molecule has 0 saturated carbocycles. The average molecular weight is 383 g/mol. The Hall–Kier alpha value is -3.25. The molecule has 5 nitrogen and oxygen atoms in total. The molecule has 0 saturated heterocycles. The molecule has 3 aromatic carbocycles. The topological polar surface area (TPSA) is 76.0 Å². The molecule has 0 unspecified atom stereocenters. The molecule has 1 heterocycles. The van der Waals surface area contributed by atoms with E-state index in [2.05, 4.69) is 15.3 Å². The number of imidazole rings is 1. The van der Waals surface area contributed by atoms with Gasteiger partial charge in [0.1, 0.15) is 17.3 Å². The maximum Gasteiger partial charge on any atom is 0.201 e. The number of fused-ring (bicyclic) bond motifs is 1. The van der Waals surface area contributed by atoms with E-state index in [1.54, 1.807) is 48.5 Å². The Morgan fingerprint density at radius 3 is 2.59 bits per heavy atom. The van der Waals surface area contributed by atoms with Crippen molar-refractivity contribution in [3.05, 3.63) is 77.1 Å². The van der Waals surface area contributed by atoms with Gasteiger partial charge in [-0.05, 0) is 48.5 Å². The van der Waals surface area contributed by atoms with Gasteiger partial charge in [0.25, 0.3) is 0 Å². The summed E-state index contributed by atoms with van der Waals surface area (Å²) in [7, 11) is 0. The van der Waals surface area contributed by atoms with Gasteiger partial charge in [0, 0.05) is 28.9 Å². The van der Waals surface area contributed by atoms with Crippen molar-refractivity contribution in [2.75, 3.05) is 11.1 Å². The molecule has 0 bridgehead atoms. The Balaban J connectivity index is 1.44. The van der Waals surface area contributed by atoms with Gasteiger partial charge in [-0.25, -0.2) is 9.37 Å². The van der Waals surface area contributed by atoms with Crippen LogP contribution in [0.25, 0.3) is 11.0 Å². The molecule has 0 fully saturated rings. The summed E-state index contributed by atoms with van der Waals surface area (Å²) in [6.45, 7) is 0.280. The molecule has 0 aliphatic heterocycles. The smallest absolute Gasteiger partial charge is 0.201 e. The zero-order valence-corrected chi connectivity index (χ0v) is 14.9. The molecule has 7 heteroatoms. The Bertz CT molecular complexity index is 1100. The summed E-state index contributed by atoms with van der Waals surface area (Å²) in [4.78, 5) is 7.51. The number of hydrogen-bond donors (Lipinski definition) is 3. The third kappa shape index (κ3) is 3.96. The number of ether oxygens (including phenoxy) is 1. The predicted molar refractivity (Wildman–Crippen MR) is 106 cm³/mol. The van der Waals surface area contributed by atoms with Crippen LogP contribution < -0.4 is 15.8 Å². The Morgan fingerprint density at radius 2 is 1.81 bits per heavy atom. The third-order valence-corrected chi connectivity index (χ3v) is 4.28. The summed E-state index contributed by atoms with van der Waals surface area (Å²) in [6, 6.07) is 17.0. The van der Waals surface area contributed by atoms with Crippen LogP contribution in [0.4, 0.5) is 16.0 Å². The highest BCUT2D eigenvalue weighted by Crippen LogP contribution is 2.25. The zero-order valence-electron chi connectivity index (χ0n) is 14.2. The lowest BCUT2D eigenvalue weighted by atomic mass is 10.2. The summed E-state index contributed by atoms with van der Waals surface area (Å²) in [6.07, 6.45) is 0. The summed E-state index contributed by atoms with van der Waals surface area (Å²) < 4.78 is 20.0. The van der Waals surface area contributed by atoms with Crippen LogP contribution in [0.2, 0.25) is 5.02 Å². The van der Waals surface area contributed by atoms with Gasteiger partial charge >= 0.3 is 0 Å². The van der Waals surface area contributed by atoms with Crippen LogP contribution in [0, 0.1) is 5.82 Å². The molecule has 4 N–H and O–H groups in total. The molecule has 1 aromatic heterocycles. The number of rotatable bonds is 5. The standard InChI is InChI=1S/C20H16ClFN4O/c21-13-2-6-15(7-3-13)27-16-5-1-12(17(22)10-16)11-24-20-25-18-8-4-14(23)9-19(18)26-20/h1-10H,11,23H2,(H2,24,25,26). The van der Waals surface area contributed by atoms with Crippen LogP contribution in [0.15, 0.2) is 60.7 Å². The maximum absolute atomic E-state index is 14.4. The molecular formula is C20H16ClFN4O. The SMILES string of the molecule is Nc1ccc2nc(NCc3ccc(Oc4ccc(Cl)cc4)cc3F)[nH]c2c1. The van der Waals surface area contributed by atoms with Gasteiger partial charge in [0.05, 0.1) is 11.0 Å².